The molecule has 0 spiro atoms. The topological polar surface area (TPSA) is 12.0 Å². The Morgan fingerprint density at radius 1 is 1.62 bits per heavy atom. The van der Waals surface area contributed by atoms with Crippen LogP contribution in [0.1, 0.15) is 12.8 Å². The number of hydrogen-bond donors (Lipinski definition) is 1. The summed E-state index contributed by atoms with van der Waals surface area (Å²) in [5.41, 5.74) is 0. The largest absolute Gasteiger partial charge is 0.313 e. The van der Waals surface area contributed by atoms with Gasteiger partial charge in [-0.2, -0.15) is 0 Å². The Kier molecular flexibility index (Phi) is 2.10. The van der Waals surface area contributed by atoms with Crippen molar-refractivity contribution in [3.63, 3.8) is 0 Å². The summed E-state index contributed by atoms with van der Waals surface area (Å²) >= 11 is 0. The SMILES string of the molecule is C=C[CH][13CH]1CCCN1. The van der Waals surface area contributed by atoms with E-state index in [1.54, 1.807) is 0 Å². The summed E-state index contributed by atoms with van der Waals surface area (Å²) in [4.78, 5) is 0. The molecule has 1 rings (SSSR count). The first-order valence-corrected chi connectivity index (χ1v) is 3.13. The van der Waals surface area contributed by atoms with E-state index in [1.165, 1.54) is 19.4 Å². The number of rotatable bonds is 2. The molecule has 1 unspecified atom stereocenters. The predicted molar refractivity (Wildman–Crippen MR) is 35.5 cm³/mol. The van der Waals surface area contributed by atoms with E-state index >= 15 is 0 Å². The van der Waals surface area contributed by atoms with E-state index in [4.69, 9.17) is 0 Å². The van der Waals surface area contributed by atoms with E-state index in [2.05, 4.69) is 18.3 Å². The second kappa shape index (κ2) is 2.88. The molecule has 0 aromatic rings. The van der Waals surface area contributed by atoms with Gasteiger partial charge >= 0.3 is 0 Å². The van der Waals surface area contributed by atoms with Crippen LogP contribution in [0.15, 0.2) is 12.7 Å². The summed E-state index contributed by atoms with van der Waals surface area (Å²) in [5.74, 6) is 0. The zero-order chi connectivity index (χ0) is 5.82. The van der Waals surface area contributed by atoms with Crippen LogP contribution < -0.4 is 5.32 Å². The van der Waals surface area contributed by atoms with Crippen molar-refractivity contribution in [2.45, 2.75) is 18.9 Å². The zero-order valence-corrected chi connectivity index (χ0v) is 5.06. The third kappa shape index (κ3) is 1.34. The van der Waals surface area contributed by atoms with Crippen LogP contribution in [0.4, 0.5) is 0 Å². The lowest BCUT2D eigenvalue weighted by molar-refractivity contribution is 0.698. The number of nitrogens with one attached hydrogen (secondary N) is 1. The van der Waals surface area contributed by atoms with Crippen LogP contribution in [0.3, 0.4) is 0 Å². The van der Waals surface area contributed by atoms with Gasteiger partial charge in [0.15, 0.2) is 0 Å². The fraction of sp³-hybridized carbons (Fsp3) is 0.571. The molecule has 0 aliphatic carbocycles. The Balaban J connectivity index is 2.14. The molecule has 1 aliphatic rings. The molecule has 1 nitrogen and oxygen atoms in total. The van der Waals surface area contributed by atoms with E-state index in [9.17, 15) is 0 Å². The fourth-order valence-corrected chi connectivity index (χ4v) is 1.04. The minimum Gasteiger partial charge on any atom is -0.313 e. The van der Waals surface area contributed by atoms with Gasteiger partial charge in [0.25, 0.3) is 0 Å². The van der Waals surface area contributed by atoms with Crippen LogP contribution in [-0.2, 0) is 0 Å². The normalized spacial score (nSPS) is 28.2. The molecule has 1 fully saturated rings. The quantitative estimate of drug-likeness (QED) is 0.527. The maximum absolute atomic E-state index is 3.63. The second-order valence-electron chi connectivity index (χ2n) is 2.13. The summed E-state index contributed by atoms with van der Waals surface area (Å²) in [6.45, 7) is 4.80. The lowest BCUT2D eigenvalue weighted by Crippen LogP contribution is -2.20. The van der Waals surface area contributed by atoms with Crippen LogP contribution >= 0.6 is 0 Å². The molecule has 1 atom stereocenters. The fourth-order valence-electron chi connectivity index (χ4n) is 1.04. The Labute approximate surface area is 50.8 Å². The molecule has 1 N–H and O–H groups in total. The maximum Gasteiger partial charge on any atom is 0.0136 e. The number of hydrogen-bond acceptors (Lipinski definition) is 1. The summed E-state index contributed by atoms with van der Waals surface area (Å²) in [7, 11) is 0. The highest BCUT2D eigenvalue weighted by molar-refractivity contribution is 4.98. The molecule has 1 heteroatoms. The molecule has 0 aromatic carbocycles. The van der Waals surface area contributed by atoms with Crippen molar-refractivity contribution in [1.82, 2.24) is 5.32 Å². The minimum absolute atomic E-state index is 0.618. The average molecular weight is 111 g/mol. The van der Waals surface area contributed by atoms with Gasteiger partial charge in [0.1, 0.15) is 0 Å². The van der Waals surface area contributed by atoms with Gasteiger partial charge < -0.3 is 5.32 Å². The van der Waals surface area contributed by atoms with E-state index < -0.39 is 0 Å². The Bertz CT molecular complexity index is 72.5. The third-order valence-corrected chi connectivity index (χ3v) is 1.47. The molecule has 0 saturated carbocycles. The molecule has 0 aromatic heterocycles. The molecular weight excluding hydrogens is 99.1 g/mol. The van der Waals surface area contributed by atoms with Gasteiger partial charge in [-0.05, 0) is 25.8 Å². The van der Waals surface area contributed by atoms with Crippen molar-refractivity contribution in [2.75, 3.05) is 6.54 Å². The highest BCUT2D eigenvalue weighted by atomic mass is 15.1. The second-order valence-corrected chi connectivity index (χ2v) is 2.13. The summed E-state index contributed by atoms with van der Waals surface area (Å²) in [6.07, 6.45) is 6.58. The van der Waals surface area contributed by atoms with Crippen molar-refractivity contribution in [3.05, 3.63) is 19.1 Å². The van der Waals surface area contributed by atoms with Gasteiger partial charge in [0, 0.05) is 6.04 Å². The van der Waals surface area contributed by atoms with Crippen LogP contribution in [0, 0.1) is 6.42 Å². The smallest absolute Gasteiger partial charge is 0.0136 e. The van der Waals surface area contributed by atoms with Crippen molar-refractivity contribution >= 4 is 0 Å². The standard InChI is InChI=1S/C7H12N/c1-2-4-7-5-3-6-8-7/h2,4,7-8H,1,3,5-6H2/i7+1. The molecule has 1 aliphatic heterocycles. The first-order chi connectivity index (χ1) is 3.93. The third-order valence-electron chi connectivity index (χ3n) is 1.47. The molecule has 45 valence electrons. The Morgan fingerprint density at radius 3 is 3.00 bits per heavy atom. The van der Waals surface area contributed by atoms with Gasteiger partial charge in [-0.25, -0.2) is 0 Å². The van der Waals surface area contributed by atoms with Gasteiger partial charge in [-0.3, -0.25) is 0 Å². The Morgan fingerprint density at radius 2 is 2.50 bits per heavy atom. The highest BCUT2D eigenvalue weighted by Crippen LogP contribution is 2.06. The molecule has 8 heavy (non-hydrogen) atoms. The molecule has 0 bridgehead atoms. The summed E-state index contributed by atoms with van der Waals surface area (Å²) in [6, 6.07) is 0.618. The first-order valence-electron chi connectivity index (χ1n) is 3.13. The van der Waals surface area contributed by atoms with Crippen molar-refractivity contribution < 1.29 is 0 Å². The Hall–Kier alpha value is -0.300. The van der Waals surface area contributed by atoms with Crippen molar-refractivity contribution in [1.29, 1.82) is 0 Å². The zero-order valence-electron chi connectivity index (χ0n) is 5.06. The lowest BCUT2D eigenvalue weighted by Gasteiger charge is -2.02. The van der Waals surface area contributed by atoms with Gasteiger partial charge in [-0.1, -0.05) is 6.08 Å². The monoisotopic (exact) mass is 111 g/mol. The van der Waals surface area contributed by atoms with Crippen LogP contribution in [-0.4, -0.2) is 12.6 Å². The van der Waals surface area contributed by atoms with Gasteiger partial charge in [-0.15, -0.1) is 6.58 Å². The average Bonchev–Trinajstić information content (AvgIpc) is 2.19. The highest BCUT2D eigenvalue weighted by Gasteiger charge is 2.10. The van der Waals surface area contributed by atoms with Crippen LogP contribution in [0.5, 0.6) is 0 Å². The molecule has 1 heterocycles. The van der Waals surface area contributed by atoms with Crippen molar-refractivity contribution in [2.24, 2.45) is 0 Å². The predicted octanol–water partition coefficient (Wildman–Crippen LogP) is 1.13. The van der Waals surface area contributed by atoms with Crippen LogP contribution in [0.2, 0.25) is 0 Å². The van der Waals surface area contributed by atoms with Crippen molar-refractivity contribution in [3.8, 4) is 0 Å². The van der Waals surface area contributed by atoms with Gasteiger partial charge in [0.2, 0.25) is 0 Å². The van der Waals surface area contributed by atoms with Crippen LogP contribution in [0.25, 0.3) is 0 Å². The van der Waals surface area contributed by atoms with E-state index in [0.717, 1.165) is 0 Å². The lowest BCUT2D eigenvalue weighted by atomic mass is 10.4. The summed E-state index contributed by atoms with van der Waals surface area (Å²) in [5, 5.41) is 3.33. The van der Waals surface area contributed by atoms with Gasteiger partial charge in [0.05, 0.1) is 0 Å². The van der Waals surface area contributed by atoms with E-state index in [1.807, 2.05) is 6.08 Å². The van der Waals surface area contributed by atoms with E-state index in [-0.39, 0.29) is 0 Å². The maximum atomic E-state index is 3.63. The summed E-state index contributed by atoms with van der Waals surface area (Å²) < 4.78 is 0. The molecular formula is C7H12N. The molecule has 0 amide bonds. The minimum atomic E-state index is 0.618. The first kappa shape index (κ1) is 5.83. The molecule has 1 radical (unpaired) electrons. The van der Waals surface area contributed by atoms with E-state index in [0.29, 0.717) is 6.04 Å². The molecule has 1 saturated heterocycles.